The van der Waals surface area contributed by atoms with Crippen LogP contribution < -0.4 is 11.1 Å². The van der Waals surface area contributed by atoms with Gasteiger partial charge in [0.1, 0.15) is 17.2 Å². The van der Waals surface area contributed by atoms with Gasteiger partial charge in [-0.25, -0.2) is 4.79 Å². The summed E-state index contributed by atoms with van der Waals surface area (Å²) in [5.41, 5.74) is 3.80. The van der Waals surface area contributed by atoms with Crippen molar-refractivity contribution >= 4 is 17.8 Å². The van der Waals surface area contributed by atoms with E-state index in [4.69, 9.17) is 15.2 Å². The molecule has 0 aromatic rings. The summed E-state index contributed by atoms with van der Waals surface area (Å²) in [7, 11) is 0. The van der Waals surface area contributed by atoms with Gasteiger partial charge in [-0.05, 0) is 41.5 Å². The van der Waals surface area contributed by atoms with Crippen LogP contribution in [-0.2, 0) is 23.9 Å². The van der Waals surface area contributed by atoms with Crippen molar-refractivity contribution in [2.24, 2.45) is 5.73 Å². The summed E-state index contributed by atoms with van der Waals surface area (Å²) < 4.78 is 10.3. The SMILES string of the molecule is CC(C)(C)OC(=O)C[C@@H](NC(=O)CN)C(=O)OC(C)(C)C. The van der Waals surface area contributed by atoms with Gasteiger partial charge in [0.15, 0.2) is 0 Å². The number of ether oxygens (including phenoxy) is 2. The Kier molecular flexibility index (Phi) is 6.82. The molecule has 122 valence electrons. The highest BCUT2D eigenvalue weighted by atomic mass is 16.6. The van der Waals surface area contributed by atoms with Crippen molar-refractivity contribution < 1.29 is 23.9 Å². The van der Waals surface area contributed by atoms with Crippen LogP contribution in [0.2, 0.25) is 0 Å². The molecule has 0 aliphatic carbocycles. The predicted molar refractivity (Wildman–Crippen MR) is 77.3 cm³/mol. The number of carbonyl (C=O) groups is 3. The van der Waals surface area contributed by atoms with Gasteiger partial charge in [0.05, 0.1) is 13.0 Å². The van der Waals surface area contributed by atoms with Crippen molar-refractivity contribution in [1.82, 2.24) is 5.32 Å². The zero-order chi connectivity index (χ0) is 16.8. The first-order chi connectivity index (χ1) is 9.34. The van der Waals surface area contributed by atoms with Crippen molar-refractivity contribution in [3.8, 4) is 0 Å². The highest BCUT2D eigenvalue weighted by molar-refractivity contribution is 5.88. The van der Waals surface area contributed by atoms with E-state index in [2.05, 4.69) is 5.32 Å². The Labute approximate surface area is 125 Å². The van der Waals surface area contributed by atoms with Crippen LogP contribution in [-0.4, -0.2) is 41.6 Å². The Hall–Kier alpha value is -1.63. The molecule has 7 heteroatoms. The summed E-state index contributed by atoms with van der Waals surface area (Å²) in [6, 6.07) is -1.12. The molecule has 1 atom stereocenters. The van der Waals surface area contributed by atoms with Gasteiger partial charge in [0.2, 0.25) is 5.91 Å². The standard InChI is InChI=1S/C14H26N2O5/c1-13(2,3)20-11(18)7-9(16-10(17)8-15)12(19)21-14(4,5)6/h9H,7-8,15H2,1-6H3,(H,16,17)/t9-/m1/s1. The van der Waals surface area contributed by atoms with Crippen LogP contribution >= 0.6 is 0 Å². The normalized spacial score (nSPS) is 13.3. The molecule has 0 aliphatic rings. The number of hydrogen-bond donors (Lipinski definition) is 2. The van der Waals surface area contributed by atoms with Gasteiger partial charge in [0, 0.05) is 0 Å². The van der Waals surface area contributed by atoms with Gasteiger partial charge < -0.3 is 20.5 Å². The monoisotopic (exact) mass is 302 g/mol. The molecule has 0 spiro atoms. The summed E-state index contributed by atoms with van der Waals surface area (Å²) in [6.07, 6.45) is -0.308. The lowest BCUT2D eigenvalue weighted by Gasteiger charge is -2.25. The molecule has 3 N–H and O–H groups in total. The second-order valence-corrected chi connectivity index (χ2v) is 6.65. The molecule has 0 saturated heterocycles. The Bertz CT molecular complexity index is 393. The van der Waals surface area contributed by atoms with Crippen LogP contribution in [0.15, 0.2) is 0 Å². The Morgan fingerprint density at radius 2 is 1.48 bits per heavy atom. The lowest BCUT2D eigenvalue weighted by molar-refractivity contribution is -0.165. The summed E-state index contributed by atoms with van der Waals surface area (Å²) in [6.45, 7) is 9.94. The fourth-order valence-electron chi connectivity index (χ4n) is 1.37. The molecular formula is C14H26N2O5. The van der Waals surface area contributed by atoms with E-state index < -0.39 is 35.1 Å². The zero-order valence-electron chi connectivity index (χ0n) is 13.6. The average Bonchev–Trinajstić information content (AvgIpc) is 2.22. The summed E-state index contributed by atoms with van der Waals surface area (Å²) >= 11 is 0. The van der Waals surface area contributed by atoms with Crippen LogP contribution in [0.5, 0.6) is 0 Å². The maximum atomic E-state index is 12.0. The van der Waals surface area contributed by atoms with E-state index in [9.17, 15) is 14.4 Å². The minimum atomic E-state index is -1.12. The van der Waals surface area contributed by atoms with Crippen molar-refractivity contribution in [1.29, 1.82) is 0 Å². The molecule has 0 fully saturated rings. The van der Waals surface area contributed by atoms with Crippen molar-refractivity contribution in [3.63, 3.8) is 0 Å². The van der Waals surface area contributed by atoms with E-state index in [0.29, 0.717) is 0 Å². The molecule has 0 radical (unpaired) electrons. The molecule has 0 saturated carbocycles. The largest absolute Gasteiger partial charge is 0.460 e. The minimum absolute atomic E-state index is 0.284. The fourth-order valence-corrected chi connectivity index (χ4v) is 1.37. The molecule has 0 aliphatic heterocycles. The van der Waals surface area contributed by atoms with E-state index in [1.54, 1.807) is 41.5 Å². The molecule has 1 amide bonds. The highest BCUT2D eigenvalue weighted by Gasteiger charge is 2.30. The van der Waals surface area contributed by atoms with E-state index in [-0.39, 0.29) is 13.0 Å². The van der Waals surface area contributed by atoms with Gasteiger partial charge in [0.25, 0.3) is 0 Å². The van der Waals surface area contributed by atoms with Crippen molar-refractivity contribution in [2.75, 3.05) is 6.54 Å². The van der Waals surface area contributed by atoms with E-state index in [1.807, 2.05) is 0 Å². The van der Waals surface area contributed by atoms with E-state index in [1.165, 1.54) is 0 Å². The first kappa shape index (κ1) is 19.4. The molecular weight excluding hydrogens is 276 g/mol. The summed E-state index contributed by atoms with van der Waals surface area (Å²) in [5, 5.41) is 2.37. The van der Waals surface area contributed by atoms with Crippen LogP contribution in [0.1, 0.15) is 48.0 Å². The molecule has 0 heterocycles. The average molecular weight is 302 g/mol. The lowest BCUT2D eigenvalue weighted by atomic mass is 10.1. The highest BCUT2D eigenvalue weighted by Crippen LogP contribution is 2.13. The van der Waals surface area contributed by atoms with Crippen LogP contribution in [0.25, 0.3) is 0 Å². The van der Waals surface area contributed by atoms with Crippen molar-refractivity contribution in [2.45, 2.75) is 65.2 Å². The molecule has 0 aromatic heterocycles. The lowest BCUT2D eigenvalue weighted by Crippen LogP contribution is -2.47. The second kappa shape index (κ2) is 7.40. The van der Waals surface area contributed by atoms with Crippen LogP contribution in [0.4, 0.5) is 0 Å². The quantitative estimate of drug-likeness (QED) is 0.716. The number of amides is 1. The van der Waals surface area contributed by atoms with Gasteiger partial charge in [-0.3, -0.25) is 9.59 Å². The number of hydrogen-bond acceptors (Lipinski definition) is 6. The molecule has 7 nitrogen and oxygen atoms in total. The minimum Gasteiger partial charge on any atom is -0.460 e. The third kappa shape index (κ3) is 9.84. The topological polar surface area (TPSA) is 108 Å². The van der Waals surface area contributed by atoms with Gasteiger partial charge in [-0.1, -0.05) is 0 Å². The second-order valence-electron chi connectivity index (χ2n) is 6.65. The third-order valence-corrected chi connectivity index (χ3v) is 2.00. The number of nitrogens with two attached hydrogens (primary N) is 1. The van der Waals surface area contributed by atoms with Gasteiger partial charge in [-0.2, -0.15) is 0 Å². The smallest absolute Gasteiger partial charge is 0.329 e. The zero-order valence-corrected chi connectivity index (χ0v) is 13.6. The Morgan fingerprint density at radius 3 is 1.86 bits per heavy atom. The molecule has 0 bridgehead atoms. The Balaban J connectivity index is 4.86. The maximum absolute atomic E-state index is 12.0. The molecule has 0 rings (SSSR count). The first-order valence-corrected chi connectivity index (χ1v) is 6.78. The van der Waals surface area contributed by atoms with Gasteiger partial charge >= 0.3 is 11.9 Å². The number of nitrogens with one attached hydrogen (secondary N) is 1. The number of carbonyl (C=O) groups excluding carboxylic acids is 3. The fraction of sp³-hybridized carbons (Fsp3) is 0.786. The van der Waals surface area contributed by atoms with E-state index >= 15 is 0 Å². The van der Waals surface area contributed by atoms with Crippen LogP contribution in [0, 0.1) is 0 Å². The molecule has 21 heavy (non-hydrogen) atoms. The third-order valence-electron chi connectivity index (χ3n) is 2.00. The maximum Gasteiger partial charge on any atom is 0.329 e. The summed E-state index contributed by atoms with van der Waals surface area (Å²) in [5.74, 6) is -1.85. The number of rotatable bonds is 5. The predicted octanol–water partition coefficient (Wildman–Crippen LogP) is 0.503. The Morgan fingerprint density at radius 1 is 1.00 bits per heavy atom. The molecule has 0 aromatic carbocycles. The number of esters is 2. The van der Waals surface area contributed by atoms with Crippen molar-refractivity contribution in [3.05, 3.63) is 0 Å². The molecule has 0 unspecified atom stereocenters. The van der Waals surface area contributed by atoms with Crippen LogP contribution in [0.3, 0.4) is 0 Å². The van der Waals surface area contributed by atoms with Gasteiger partial charge in [-0.15, -0.1) is 0 Å². The van der Waals surface area contributed by atoms with E-state index in [0.717, 1.165) is 0 Å². The first-order valence-electron chi connectivity index (χ1n) is 6.78. The summed E-state index contributed by atoms with van der Waals surface area (Å²) in [4.78, 5) is 35.2.